The van der Waals surface area contributed by atoms with Crippen molar-refractivity contribution in [1.82, 2.24) is 4.72 Å². The average Bonchev–Trinajstić information content (AvgIpc) is 2.28. The molecule has 1 aromatic carbocycles. The first-order valence-electron chi connectivity index (χ1n) is 5.05. The Labute approximate surface area is 102 Å². The Kier molecular flexibility index (Phi) is 4.71. The van der Waals surface area contributed by atoms with Gasteiger partial charge in [0.05, 0.1) is 10.5 Å². The zero-order chi connectivity index (χ0) is 13.8. The van der Waals surface area contributed by atoms with Crippen LogP contribution in [0.25, 0.3) is 0 Å². The van der Waals surface area contributed by atoms with Gasteiger partial charge in [0.2, 0.25) is 10.0 Å². The number of benzene rings is 1. The number of halogens is 3. The van der Waals surface area contributed by atoms with Crippen molar-refractivity contribution in [3.8, 4) is 0 Å². The van der Waals surface area contributed by atoms with Gasteiger partial charge in [0.25, 0.3) is 0 Å². The second-order valence-corrected chi connectivity index (χ2v) is 5.27. The monoisotopic (exact) mass is 283 g/mol. The van der Waals surface area contributed by atoms with Crippen molar-refractivity contribution < 1.29 is 26.7 Å². The van der Waals surface area contributed by atoms with Crippen LogP contribution in [0.2, 0.25) is 0 Å². The molecule has 0 aliphatic carbocycles. The third kappa shape index (κ3) is 3.97. The molecule has 0 bridgehead atoms. The number of aliphatic hydroxyl groups excluding tert-OH is 1. The fourth-order valence-electron chi connectivity index (χ4n) is 1.21. The molecular formula is C10H12F3NO3S. The van der Waals surface area contributed by atoms with E-state index in [1.165, 1.54) is 0 Å². The molecule has 18 heavy (non-hydrogen) atoms. The van der Waals surface area contributed by atoms with Crippen LogP contribution in [0, 0.1) is 0 Å². The summed E-state index contributed by atoms with van der Waals surface area (Å²) in [6.45, 7) is -0.236. The fourth-order valence-corrected chi connectivity index (χ4v) is 2.33. The summed E-state index contributed by atoms with van der Waals surface area (Å²) in [6, 6.07) is 3.48. The van der Waals surface area contributed by atoms with E-state index in [1.807, 2.05) is 0 Å². The SMILES string of the molecule is O=S(=O)(NCCCO)c1cccc(C(F)(F)F)c1. The lowest BCUT2D eigenvalue weighted by atomic mass is 10.2. The van der Waals surface area contributed by atoms with Crippen LogP contribution >= 0.6 is 0 Å². The van der Waals surface area contributed by atoms with Crippen molar-refractivity contribution in [3.05, 3.63) is 29.8 Å². The van der Waals surface area contributed by atoms with Crippen LogP contribution in [0.3, 0.4) is 0 Å². The van der Waals surface area contributed by atoms with Gasteiger partial charge in [-0.3, -0.25) is 0 Å². The average molecular weight is 283 g/mol. The van der Waals surface area contributed by atoms with E-state index >= 15 is 0 Å². The Hall–Kier alpha value is -1.12. The first-order chi connectivity index (χ1) is 8.27. The molecule has 0 aromatic heterocycles. The molecule has 0 aliphatic rings. The number of rotatable bonds is 5. The lowest BCUT2D eigenvalue weighted by Gasteiger charge is -2.10. The molecule has 102 valence electrons. The summed E-state index contributed by atoms with van der Waals surface area (Å²) in [6.07, 6.45) is -4.39. The van der Waals surface area contributed by atoms with E-state index < -0.39 is 26.7 Å². The van der Waals surface area contributed by atoms with Crippen molar-refractivity contribution in [3.63, 3.8) is 0 Å². The van der Waals surface area contributed by atoms with E-state index in [-0.39, 0.29) is 19.6 Å². The standard InChI is InChI=1S/C10H12F3NO3S/c11-10(12,13)8-3-1-4-9(7-8)18(16,17)14-5-2-6-15/h1,3-4,7,14-15H,2,5-6H2. The van der Waals surface area contributed by atoms with E-state index in [9.17, 15) is 21.6 Å². The van der Waals surface area contributed by atoms with Crippen LogP contribution in [-0.4, -0.2) is 26.7 Å². The smallest absolute Gasteiger partial charge is 0.396 e. The first-order valence-corrected chi connectivity index (χ1v) is 6.53. The first kappa shape index (κ1) is 14.9. The Morgan fingerprint density at radius 2 is 1.94 bits per heavy atom. The molecular weight excluding hydrogens is 271 g/mol. The fraction of sp³-hybridized carbons (Fsp3) is 0.400. The zero-order valence-electron chi connectivity index (χ0n) is 9.24. The number of hydrogen-bond acceptors (Lipinski definition) is 3. The molecule has 0 amide bonds. The number of hydrogen-bond donors (Lipinski definition) is 2. The van der Waals surface area contributed by atoms with Gasteiger partial charge in [-0.15, -0.1) is 0 Å². The number of nitrogens with one attached hydrogen (secondary N) is 1. The summed E-state index contributed by atoms with van der Waals surface area (Å²) < 4.78 is 62.6. The quantitative estimate of drug-likeness (QED) is 0.802. The van der Waals surface area contributed by atoms with Gasteiger partial charge in [-0.25, -0.2) is 13.1 Å². The molecule has 0 heterocycles. The minimum atomic E-state index is -4.59. The molecule has 0 unspecified atom stereocenters. The number of sulfonamides is 1. The third-order valence-corrected chi connectivity index (χ3v) is 3.56. The molecule has 0 atom stereocenters. The summed E-state index contributed by atoms with van der Waals surface area (Å²) in [7, 11) is -3.98. The van der Waals surface area contributed by atoms with E-state index in [0.29, 0.717) is 6.07 Å². The van der Waals surface area contributed by atoms with Crippen molar-refractivity contribution in [2.45, 2.75) is 17.5 Å². The summed E-state index contributed by atoms with van der Waals surface area (Å²) in [5, 5.41) is 8.50. The number of aliphatic hydroxyl groups is 1. The largest absolute Gasteiger partial charge is 0.416 e. The topological polar surface area (TPSA) is 66.4 Å². The summed E-state index contributed by atoms with van der Waals surface area (Å²) in [4.78, 5) is -0.449. The predicted molar refractivity (Wildman–Crippen MR) is 58.3 cm³/mol. The van der Waals surface area contributed by atoms with Crippen molar-refractivity contribution in [1.29, 1.82) is 0 Å². The Morgan fingerprint density at radius 3 is 2.50 bits per heavy atom. The van der Waals surface area contributed by atoms with E-state index in [0.717, 1.165) is 18.2 Å². The molecule has 4 nitrogen and oxygen atoms in total. The minimum absolute atomic E-state index is 0.0327. The molecule has 0 saturated heterocycles. The predicted octanol–water partition coefficient (Wildman–Crippen LogP) is 1.37. The van der Waals surface area contributed by atoms with Gasteiger partial charge in [0.1, 0.15) is 0 Å². The van der Waals surface area contributed by atoms with E-state index in [4.69, 9.17) is 5.11 Å². The molecule has 1 rings (SSSR count). The number of alkyl halides is 3. The van der Waals surface area contributed by atoms with Crippen LogP contribution < -0.4 is 4.72 Å². The normalized spacial score (nSPS) is 12.7. The maximum absolute atomic E-state index is 12.4. The molecule has 8 heteroatoms. The van der Waals surface area contributed by atoms with Crippen LogP contribution in [0.5, 0.6) is 0 Å². The molecule has 0 saturated carbocycles. The second-order valence-electron chi connectivity index (χ2n) is 3.50. The van der Waals surface area contributed by atoms with Crippen LogP contribution in [-0.2, 0) is 16.2 Å². The Morgan fingerprint density at radius 1 is 1.28 bits per heavy atom. The lowest BCUT2D eigenvalue weighted by Crippen LogP contribution is -2.25. The molecule has 0 spiro atoms. The van der Waals surface area contributed by atoms with Crippen molar-refractivity contribution in [2.24, 2.45) is 0 Å². The molecule has 1 aromatic rings. The van der Waals surface area contributed by atoms with Crippen LogP contribution in [0.4, 0.5) is 13.2 Å². The highest BCUT2D eigenvalue weighted by Crippen LogP contribution is 2.30. The van der Waals surface area contributed by atoms with Crippen molar-refractivity contribution in [2.75, 3.05) is 13.2 Å². The van der Waals surface area contributed by atoms with Gasteiger partial charge in [0, 0.05) is 13.2 Å². The third-order valence-electron chi connectivity index (χ3n) is 2.10. The van der Waals surface area contributed by atoms with E-state index in [1.54, 1.807) is 0 Å². The second kappa shape index (κ2) is 5.68. The highest BCUT2D eigenvalue weighted by Gasteiger charge is 2.31. The van der Waals surface area contributed by atoms with Gasteiger partial charge in [-0.2, -0.15) is 13.2 Å². The molecule has 2 N–H and O–H groups in total. The molecule has 0 fully saturated rings. The van der Waals surface area contributed by atoms with Gasteiger partial charge < -0.3 is 5.11 Å². The van der Waals surface area contributed by atoms with Crippen molar-refractivity contribution >= 4 is 10.0 Å². The highest BCUT2D eigenvalue weighted by atomic mass is 32.2. The van der Waals surface area contributed by atoms with Gasteiger partial charge in [-0.1, -0.05) is 6.07 Å². The van der Waals surface area contributed by atoms with Crippen LogP contribution in [0.1, 0.15) is 12.0 Å². The molecule has 0 radical (unpaired) electrons. The zero-order valence-corrected chi connectivity index (χ0v) is 10.1. The maximum Gasteiger partial charge on any atom is 0.416 e. The summed E-state index contributed by atoms with van der Waals surface area (Å²) in [5.41, 5.74) is -1.02. The highest BCUT2D eigenvalue weighted by molar-refractivity contribution is 7.89. The van der Waals surface area contributed by atoms with Gasteiger partial charge >= 0.3 is 6.18 Å². The molecule has 0 aliphatic heterocycles. The van der Waals surface area contributed by atoms with Crippen LogP contribution in [0.15, 0.2) is 29.2 Å². The Balaban J connectivity index is 2.96. The lowest BCUT2D eigenvalue weighted by molar-refractivity contribution is -0.137. The summed E-state index contributed by atoms with van der Waals surface area (Å²) >= 11 is 0. The van der Waals surface area contributed by atoms with Gasteiger partial charge in [0.15, 0.2) is 0 Å². The Bertz CT molecular complexity index is 499. The van der Waals surface area contributed by atoms with Gasteiger partial charge in [-0.05, 0) is 24.6 Å². The van der Waals surface area contributed by atoms with E-state index in [2.05, 4.69) is 4.72 Å². The minimum Gasteiger partial charge on any atom is -0.396 e. The maximum atomic E-state index is 12.4. The summed E-state index contributed by atoms with van der Waals surface area (Å²) in [5.74, 6) is 0.